The van der Waals surface area contributed by atoms with E-state index < -0.39 is 10.0 Å². The molecule has 2 rings (SSSR count). The van der Waals surface area contributed by atoms with Crippen LogP contribution < -0.4 is 10.0 Å². The van der Waals surface area contributed by atoms with Crippen molar-refractivity contribution >= 4 is 21.7 Å². The van der Waals surface area contributed by atoms with Gasteiger partial charge in [-0.1, -0.05) is 0 Å². The van der Waals surface area contributed by atoms with Gasteiger partial charge in [0.15, 0.2) is 0 Å². The largest absolute Gasteiger partial charge is 0.370 e. The highest BCUT2D eigenvalue weighted by molar-refractivity contribution is 7.92. The van der Waals surface area contributed by atoms with Gasteiger partial charge in [-0.05, 0) is 44.5 Å². The third-order valence-corrected chi connectivity index (χ3v) is 4.09. The summed E-state index contributed by atoms with van der Waals surface area (Å²) >= 11 is 0. The number of hydrogen-bond donors (Lipinski definition) is 2. The molecule has 0 spiro atoms. The zero-order valence-electron chi connectivity index (χ0n) is 12.2. The number of pyridine rings is 2. The Morgan fingerprint density at radius 3 is 2.57 bits per heavy atom. The van der Waals surface area contributed by atoms with Crippen LogP contribution in [0.5, 0.6) is 0 Å². The van der Waals surface area contributed by atoms with Gasteiger partial charge >= 0.3 is 0 Å². The van der Waals surface area contributed by atoms with Gasteiger partial charge < -0.3 is 5.32 Å². The SMILES string of the molecule is CCNc1cc(S(=O)(=O)Nc2cc(C)cc(C)n2)ccn1. The Labute approximate surface area is 124 Å². The molecule has 0 aliphatic rings. The molecule has 2 aromatic rings. The lowest BCUT2D eigenvalue weighted by Gasteiger charge is -2.10. The summed E-state index contributed by atoms with van der Waals surface area (Å²) in [6.07, 6.45) is 1.46. The molecule has 0 fully saturated rings. The van der Waals surface area contributed by atoms with Crippen LogP contribution >= 0.6 is 0 Å². The Balaban J connectivity index is 2.31. The molecule has 21 heavy (non-hydrogen) atoms. The summed E-state index contributed by atoms with van der Waals surface area (Å²) in [6, 6.07) is 6.52. The van der Waals surface area contributed by atoms with Gasteiger partial charge in [0.1, 0.15) is 11.6 Å². The lowest BCUT2D eigenvalue weighted by atomic mass is 10.2. The lowest BCUT2D eigenvalue weighted by molar-refractivity contribution is 0.601. The third kappa shape index (κ3) is 3.91. The second-order valence-corrected chi connectivity index (χ2v) is 6.37. The van der Waals surface area contributed by atoms with Crippen molar-refractivity contribution < 1.29 is 8.42 Å². The Kier molecular flexibility index (Phi) is 4.42. The van der Waals surface area contributed by atoms with Crippen molar-refractivity contribution in [2.75, 3.05) is 16.6 Å². The van der Waals surface area contributed by atoms with Gasteiger partial charge in [0.2, 0.25) is 0 Å². The van der Waals surface area contributed by atoms with E-state index in [-0.39, 0.29) is 4.90 Å². The Hall–Kier alpha value is -2.15. The van der Waals surface area contributed by atoms with E-state index in [0.717, 1.165) is 11.3 Å². The minimum absolute atomic E-state index is 0.148. The van der Waals surface area contributed by atoms with Crippen molar-refractivity contribution in [1.82, 2.24) is 9.97 Å². The number of aromatic nitrogens is 2. The summed E-state index contributed by atoms with van der Waals surface area (Å²) in [5.41, 5.74) is 1.71. The molecule has 0 unspecified atom stereocenters. The van der Waals surface area contributed by atoms with Crippen molar-refractivity contribution in [2.24, 2.45) is 0 Å². The standard InChI is InChI=1S/C14H18N4O2S/c1-4-15-13-9-12(5-6-16-13)21(19,20)18-14-8-10(2)7-11(3)17-14/h5-9H,4H2,1-3H3,(H,15,16)(H,17,18). The summed E-state index contributed by atoms with van der Waals surface area (Å²) < 4.78 is 27.2. The number of nitrogens with zero attached hydrogens (tertiary/aromatic N) is 2. The van der Waals surface area contributed by atoms with E-state index in [9.17, 15) is 8.42 Å². The highest BCUT2D eigenvalue weighted by atomic mass is 32.2. The normalized spacial score (nSPS) is 11.2. The van der Waals surface area contributed by atoms with E-state index in [1.807, 2.05) is 26.8 Å². The van der Waals surface area contributed by atoms with Crippen molar-refractivity contribution in [3.05, 3.63) is 41.7 Å². The molecule has 0 aliphatic heterocycles. The maximum absolute atomic E-state index is 12.4. The molecular formula is C14H18N4O2S. The van der Waals surface area contributed by atoms with Crippen molar-refractivity contribution in [3.8, 4) is 0 Å². The topological polar surface area (TPSA) is 84.0 Å². The fourth-order valence-corrected chi connectivity index (χ4v) is 2.95. The highest BCUT2D eigenvalue weighted by Crippen LogP contribution is 2.17. The zero-order chi connectivity index (χ0) is 15.5. The van der Waals surface area contributed by atoms with Crippen LogP contribution in [0.3, 0.4) is 0 Å². The molecule has 0 aromatic carbocycles. The van der Waals surface area contributed by atoms with Crippen LogP contribution in [0.4, 0.5) is 11.6 Å². The monoisotopic (exact) mass is 306 g/mol. The summed E-state index contributed by atoms with van der Waals surface area (Å²) in [7, 11) is -3.68. The Bertz CT molecular complexity index is 724. The van der Waals surface area contributed by atoms with Crippen LogP contribution in [-0.4, -0.2) is 24.9 Å². The van der Waals surface area contributed by atoms with E-state index in [1.54, 1.807) is 6.07 Å². The minimum atomic E-state index is -3.68. The number of rotatable bonds is 5. The molecule has 0 bridgehead atoms. The van der Waals surface area contributed by atoms with Gasteiger partial charge in [-0.25, -0.2) is 18.4 Å². The minimum Gasteiger partial charge on any atom is -0.370 e. The molecule has 0 saturated heterocycles. The van der Waals surface area contributed by atoms with Gasteiger partial charge in [-0.15, -0.1) is 0 Å². The Morgan fingerprint density at radius 1 is 1.14 bits per heavy atom. The fourth-order valence-electron chi connectivity index (χ4n) is 1.95. The summed E-state index contributed by atoms with van der Waals surface area (Å²) in [5.74, 6) is 0.836. The van der Waals surface area contributed by atoms with Crippen LogP contribution in [-0.2, 0) is 10.0 Å². The van der Waals surface area contributed by atoms with Crippen LogP contribution in [0.2, 0.25) is 0 Å². The van der Waals surface area contributed by atoms with E-state index in [4.69, 9.17) is 0 Å². The molecule has 7 heteroatoms. The Morgan fingerprint density at radius 2 is 1.90 bits per heavy atom. The number of sulfonamides is 1. The molecule has 0 saturated carbocycles. The summed E-state index contributed by atoms with van der Waals surface area (Å²) in [6.45, 7) is 6.30. The second-order valence-electron chi connectivity index (χ2n) is 4.68. The lowest BCUT2D eigenvalue weighted by Crippen LogP contribution is -2.15. The van der Waals surface area contributed by atoms with Crippen molar-refractivity contribution in [2.45, 2.75) is 25.7 Å². The molecule has 6 nitrogen and oxygen atoms in total. The zero-order valence-corrected chi connectivity index (χ0v) is 13.0. The molecular weight excluding hydrogens is 288 g/mol. The van der Waals surface area contributed by atoms with E-state index >= 15 is 0 Å². The molecule has 2 N–H and O–H groups in total. The van der Waals surface area contributed by atoms with Crippen LogP contribution in [0.25, 0.3) is 0 Å². The van der Waals surface area contributed by atoms with Crippen LogP contribution in [0, 0.1) is 13.8 Å². The first-order valence-corrected chi connectivity index (χ1v) is 8.07. The van der Waals surface area contributed by atoms with Crippen molar-refractivity contribution in [1.29, 1.82) is 0 Å². The first-order chi connectivity index (χ1) is 9.90. The highest BCUT2D eigenvalue weighted by Gasteiger charge is 2.16. The van der Waals surface area contributed by atoms with Gasteiger partial charge in [-0.3, -0.25) is 4.72 Å². The van der Waals surface area contributed by atoms with Crippen molar-refractivity contribution in [3.63, 3.8) is 0 Å². The quantitative estimate of drug-likeness (QED) is 0.885. The van der Waals surface area contributed by atoms with E-state index in [1.165, 1.54) is 18.3 Å². The molecule has 112 valence electrons. The van der Waals surface area contributed by atoms with Gasteiger partial charge in [0.05, 0.1) is 4.90 Å². The second kappa shape index (κ2) is 6.09. The third-order valence-electron chi connectivity index (χ3n) is 2.74. The average molecular weight is 306 g/mol. The van der Waals surface area contributed by atoms with Crippen LogP contribution in [0.1, 0.15) is 18.2 Å². The maximum Gasteiger partial charge on any atom is 0.263 e. The van der Waals surface area contributed by atoms with E-state index in [2.05, 4.69) is 20.0 Å². The number of hydrogen-bond acceptors (Lipinski definition) is 5. The maximum atomic E-state index is 12.4. The number of anilines is 2. The smallest absolute Gasteiger partial charge is 0.263 e. The van der Waals surface area contributed by atoms with Gasteiger partial charge in [0.25, 0.3) is 10.0 Å². The van der Waals surface area contributed by atoms with E-state index in [0.29, 0.717) is 18.2 Å². The first kappa shape index (κ1) is 15.2. The molecule has 0 radical (unpaired) electrons. The number of nitrogens with one attached hydrogen (secondary N) is 2. The van der Waals surface area contributed by atoms with Crippen LogP contribution in [0.15, 0.2) is 35.4 Å². The molecule has 0 aliphatic carbocycles. The average Bonchev–Trinajstić information content (AvgIpc) is 2.37. The number of aryl methyl sites for hydroxylation is 2. The summed E-state index contributed by atoms with van der Waals surface area (Å²) in [5, 5.41) is 2.98. The fraction of sp³-hybridized carbons (Fsp3) is 0.286. The summed E-state index contributed by atoms with van der Waals surface area (Å²) in [4.78, 5) is 8.39. The first-order valence-electron chi connectivity index (χ1n) is 6.59. The molecule has 2 heterocycles. The van der Waals surface area contributed by atoms with Gasteiger partial charge in [-0.2, -0.15) is 0 Å². The predicted molar refractivity (Wildman–Crippen MR) is 82.9 cm³/mol. The van der Waals surface area contributed by atoms with Gasteiger partial charge in [0, 0.05) is 24.5 Å². The molecule has 2 aromatic heterocycles. The molecule has 0 amide bonds. The molecule has 0 atom stereocenters. The predicted octanol–water partition coefficient (Wildman–Crippen LogP) is 2.33.